The fourth-order valence-corrected chi connectivity index (χ4v) is 1.19. The first-order valence-corrected chi connectivity index (χ1v) is 3.58. The van der Waals surface area contributed by atoms with Crippen LogP contribution in [0.2, 0.25) is 0 Å². The second kappa shape index (κ2) is 2.60. The van der Waals surface area contributed by atoms with Gasteiger partial charge in [-0.15, -0.1) is 0 Å². The van der Waals surface area contributed by atoms with Gasteiger partial charge in [-0.3, -0.25) is 0 Å². The maximum Gasteiger partial charge on any atom is 0.137 e. The van der Waals surface area contributed by atoms with E-state index in [-0.39, 0.29) is 12.4 Å². The van der Waals surface area contributed by atoms with Crippen molar-refractivity contribution in [3.8, 4) is 0 Å². The largest absolute Gasteiger partial charge is 0.466 e. The van der Waals surface area contributed by atoms with E-state index < -0.39 is 0 Å². The van der Waals surface area contributed by atoms with Gasteiger partial charge in [0, 0.05) is 10.8 Å². The third kappa shape index (κ3) is 0.987. The number of hydrogen-bond acceptors (Lipinski definition) is 2. The fraction of sp³-hybridized carbons (Fsp3) is 0.111. The zero-order chi connectivity index (χ0) is 8.55. The molecule has 3 heteroatoms. The van der Waals surface area contributed by atoms with E-state index in [2.05, 4.69) is 0 Å². The van der Waals surface area contributed by atoms with Crippen molar-refractivity contribution < 1.29 is 13.9 Å². The predicted molar refractivity (Wildman–Crippen MR) is 42.1 cm³/mol. The van der Waals surface area contributed by atoms with Gasteiger partial charge in [0.25, 0.3) is 0 Å². The molecular weight excluding hydrogens is 159 g/mol. The van der Waals surface area contributed by atoms with Crippen molar-refractivity contribution in [2.45, 2.75) is 6.61 Å². The van der Waals surface area contributed by atoms with Gasteiger partial charge in [0.15, 0.2) is 0 Å². The molecular formula is C9H7FO2. The van der Waals surface area contributed by atoms with Gasteiger partial charge >= 0.3 is 0 Å². The van der Waals surface area contributed by atoms with Crippen molar-refractivity contribution in [1.29, 1.82) is 0 Å². The molecule has 1 aromatic carbocycles. The fourth-order valence-electron chi connectivity index (χ4n) is 1.19. The van der Waals surface area contributed by atoms with Crippen molar-refractivity contribution in [1.82, 2.24) is 0 Å². The average molecular weight is 166 g/mol. The van der Waals surface area contributed by atoms with Crippen LogP contribution in [-0.2, 0) is 6.61 Å². The monoisotopic (exact) mass is 166 g/mol. The number of benzene rings is 1. The van der Waals surface area contributed by atoms with E-state index in [0.29, 0.717) is 11.1 Å². The molecule has 0 atom stereocenters. The summed E-state index contributed by atoms with van der Waals surface area (Å²) in [6.07, 6.45) is 1.50. The van der Waals surface area contributed by atoms with Crippen LogP contribution >= 0.6 is 0 Å². The topological polar surface area (TPSA) is 33.4 Å². The molecule has 12 heavy (non-hydrogen) atoms. The molecule has 0 radical (unpaired) electrons. The Bertz CT molecular complexity index is 406. The van der Waals surface area contributed by atoms with Crippen molar-refractivity contribution in [3.63, 3.8) is 0 Å². The Balaban J connectivity index is 2.75. The smallest absolute Gasteiger partial charge is 0.137 e. The molecule has 0 saturated carbocycles. The third-order valence-electron chi connectivity index (χ3n) is 1.79. The van der Waals surface area contributed by atoms with Gasteiger partial charge in [-0.05, 0) is 18.2 Å². The number of furan rings is 1. The number of halogens is 1. The second-order valence-electron chi connectivity index (χ2n) is 2.55. The lowest BCUT2D eigenvalue weighted by molar-refractivity contribution is 0.249. The number of aliphatic hydroxyl groups excluding tert-OH is 1. The minimum atomic E-state index is -0.321. The van der Waals surface area contributed by atoms with Crippen LogP contribution in [0.1, 0.15) is 5.76 Å². The maximum absolute atomic E-state index is 12.7. The van der Waals surface area contributed by atoms with Gasteiger partial charge in [0.1, 0.15) is 18.2 Å². The highest BCUT2D eigenvalue weighted by molar-refractivity contribution is 5.83. The van der Waals surface area contributed by atoms with Crippen molar-refractivity contribution in [3.05, 3.63) is 36.0 Å². The Morgan fingerprint density at radius 2 is 2.25 bits per heavy atom. The van der Waals surface area contributed by atoms with Gasteiger partial charge in [-0.25, -0.2) is 4.39 Å². The molecule has 1 aromatic heterocycles. The summed E-state index contributed by atoms with van der Waals surface area (Å²) < 4.78 is 17.7. The first-order chi connectivity index (χ1) is 5.81. The van der Waals surface area contributed by atoms with E-state index in [1.54, 1.807) is 6.07 Å². The molecule has 0 aliphatic heterocycles. The second-order valence-corrected chi connectivity index (χ2v) is 2.55. The molecule has 0 amide bonds. The van der Waals surface area contributed by atoms with Gasteiger partial charge in [0.2, 0.25) is 0 Å². The summed E-state index contributed by atoms with van der Waals surface area (Å²) in [4.78, 5) is 0. The highest BCUT2D eigenvalue weighted by Crippen LogP contribution is 2.21. The highest BCUT2D eigenvalue weighted by atomic mass is 19.1. The first-order valence-electron chi connectivity index (χ1n) is 3.58. The van der Waals surface area contributed by atoms with Crippen LogP contribution in [0.3, 0.4) is 0 Å². The normalized spacial score (nSPS) is 10.8. The van der Waals surface area contributed by atoms with Crippen LogP contribution < -0.4 is 0 Å². The Labute approximate surface area is 68.2 Å². The molecule has 0 bridgehead atoms. The summed E-state index contributed by atoms with van der Waals surface area (Å²) in [5.41, 5.74) is 0. The molecule has 2 aromatic rings. The SMILES string of the molecule is OCc1occ2ccc(F)cc12. The summed E-state index contributed by atoms with van der Waals surface area (Å²) in [5.74, 6) is 0.0862. The first kappa shape index (κ1) is 7.31. The van der Waals surface area contributed by atoms with E-state index in [0.717, 1.165) is 5.39 Å². The predicted octanol–water partition coefficient (Wildman–Crippen LogP) is 2.06. The molecule has 0 spiro atoms. The lowest BCUT2D eigenvalue weighted by Gasteiger charge is -1.91. The number of hydrogen-bond donors (Lipinski definition) is 1. The molecule has 0 aliphatic carbocycles. The quantitative estimate of drug-likeness (QED) is 0.703. The Kier molecular flexibility index (Phi) is 1.59. The Hall–Kier alpha value is -1.35. The van der Waals surface area contributed by atoms with Crippen LogP contribution in [0.15, 0.2) is 28.9 Å². The molecule has 0 saturated heterocycles. The molecule has 2 rings (SSSR count). The Morgan fingerprint density at radius 3 is 3.00 bits per heavy atom. The summed E-state index contributed by atoms with van der Waals surface area (Å²) in [6, 6.07) is 4.33. The zero-order valence-electron chi connectivity index (χ0n) is 6.25. The molecule has 62 valence electrons. The van der Waals surface area contributed by atoms with Gasteiger partial charge < -0.3 is 9.52 Å². The van der Waals surface area contributed by atoms with Crippen molar-refractivity contribution in [2.75, 3.05) is 0 Å². The standard InChI is InChI=1S/C9H7FO2/c10-7-2-1-6-5-12-9(4-11)8(6)3-7/h1-3,5,11H,4H2. The Morgan fingerprint density at radius 1 is 1.42 bits per heavy atom. The van der Waals surface area contributed by atoms with Crippen molar-refractivity contribution >= 4 is 10.8 Å². The van der Waals surface area contributed by atoms with Crippen LogP contribution in [0.4, 0.5) is 4.39 Å². The lowest BCUT2D eigenvalue weighted by atomic mass is 10.2. The number of fused-ring (bicyclic) bond motifs is 1. The molecule has 2 nitrogen and oxygen atoms in total. The summed E-state index contributed by atoms with van der Waals surface area (Å²) in [5, 5.41) is 10.2. The maximum atomic E-state index is 12.7. The van der Waals surface area contributed by atoms with E-state index in [4.69, 9.17) is 9.52 Å². The summed E-state index contributed by atoms with van der Waals surface area (Å²) in [7, 11) is 0. The zero-order valence-corrected chi connectivity index (χ0v) is 6.25. The molecule has 0 unspecified atom stereocenters. The third-order valence-corrected chi connectivity index (χ3v) is 1.79. The van der Waals surface area contributed by atoms with E-state index in [9.17, 15) is 4.39 Å². The highest BCUT2D eigenvalue weighted by Gasteiger charge is 2.04. The average Bonchev–Trinajstić information content (AvgIpc) is 2.46. The number of aliphatic hydroxyl groups is 1. The molecule has 0 fully saturated rings. The van der Waals surface area contributed by atoms with Crippen molar-refractivity contribution in [2.24, 2.45) is 0 Å². The lowest BCUT2D eigenvalue weighted by Crippen LogP contribution is -1.79. The summed E-state index contributed by atoms with van der Waals surface area (Å²) >= 11 is 0. The van der Waals surface area contributed by atoms with Crippen LogP contribution in [0.5, 0.6) is 0 Å². The molecule has 1 N–H and O–H groups in total. The minimum absolute atomic E-state index is 0.201. The molecule has 0 aliphatic rings. The van der Waals surface area contributed by atoms with Gasteiger partial charge in [0.05, 0.1) is 6.26 Å². The van der Waals surface area contributed by atoms with Gasteiger partial charge in [-0.2, -0.15) is 0 Å². The van der Waals surface area contributed by atoms with E-state index >= 15 is 0 Å². The van der Waals surface area contributed by atoms with Crippen LogP contribution in [0, 0.1) is 5.82 Å². The minimum Gasteiger partial charge on any atom is -0.466 e. The van der Waals surface area contributed by atoms with Crippen LogP contribution in [-0.4, -0.2) is 5.11 Å². The van der Waals surface area contributed by atoms with Gasteiger partial charge in [-0.1, -0.05) is 0 Å². The van der Waals surface area contributed by atoms with E-state index in [1.807, 2.05) is 0 Å². The summed E-state index contributed by atoms with van der Waals surface area (Å²) in [6.45, 7) is -0.201. The van der Waals surface area contributed by atoms with Crippen LogP contribution in [0.25, 0.3) is 10.8 Å². The molecule has 1 heterocycles. The van der Waals surface area contributed by atoms with E-state index in [1.165, 1.54) is 18.4 Å². The number of rotatable bonds is 1.